The lowest BCUT2D eigenvalue weighted by atomic mass is 10.1. The van der Waals surface area contributed by atoms with Crippen molar-refractivity contribution in [3.63, 3.8) is 0 Å². The number of hydrogen-bond acceptors (Lipinski definition) is 2. The predicted octanol–water partition coefficient (Wildman–Crippen LogP) is 4.71. The molecule has 0 bridgehead atoms. The molecule has 0 aliphatic heterocycles. The number of fused-ring (bicyclic) bond motifs is 1. The first-order chi connectivity index (χ1) is 8.84. The van der Waals surface area contributed by atoms with Crippen molar-refractivity contribution in [1.29, 1.82) is 0 Å². The Kier molecular flexibility index (Phi) is 3.93. The number of phenolic OH excluding ortho intramolecular Hbond substituents is 1. The SMILES string of the molecule is Cl.Oc1c(Nc2ccccc2)ccc2ccccc12. The van der Waals surface area contributed by atoms with Crippen LogP contribution in [0, 0.1) is 0 Å². The molecule has 0 unspecified atom stereocenters. The Morgan fingerprint density at radius 3 is 2.21 bits per heavy atom. The van der Waals surface area contributed by atoms with Gasteiger partial charge in [-0.3, -0.25) is 0 Å². The average Bonchev–Trinajstić information content (AvgIpc) is 2.43. The topological polar surface area (TPSA) is 32.3 Å². The second-order valence-electron chi connectivity index (χ2n) is 4.17. The Morgan fingerprint density at radius 2 is 1.42 bits per heavy atom. The quantitative estimate of drug-likeness (QED) is 0.662. The highest BCUT2D eigenvalue weighted by Crippen LogP contribution is 2.34. The highest BCUT2D eigenvalue weighted by atomic mass is 35.5. The summed E-state index contributed by atoms with van der Waals surface area (Å²) in [4.78, 5) is 0. The lowest BCUT2D eigenvalue weighted by molar-refractivity contribution is 0.484. The fourth-order valence-electron chi connectivity index (χ4n) is 2.03. The van der Waals surface area contributed by atoms with Gasteiger partial charge in [-0.2, -0.15) is 0 Å². The predicted molar refractivity (Wildman–Crippen MR) is 82.6 cm³/mol. The van der Waals surface area contributed by atoms with Gasteiger partial charge >= 0.3 is 0 Å². The second-order valence-corrected chi connectivity index (χ2v) is 4.17. The van der Waals surface area contributed by atoms with Gasteiger partial charge in [0.15, 0.2) is 0 Å². The first kappa shape index (κ1) is 13.2. The van der Waals surface area contributed by atoms with E-state index in [0.29, 0.717) is 0 Å². The maximum absolute atomic E-state index is 10.2. The molecule has 2 N–H and O–H groups in total. The molecule has 3 rings (SSSR count). The van der Waals surface area contributed by atoms with Crippen LogP contribution in [0.3, 0.4) is 0 Å². The first-order valence-electron chi connectivity index (χ1n) is 5.87. The Labute approximate surface area is 118 Å². The van der Waals surface area contributed by atoms with Gasteiger partial charge in [0.25, 0.3) is 0 Å². The van der Waals surface area contributed by atoms with Crippen LogP contribution in [0.5, 0.6) is 5.75 Å². The van der Waals surface area contributed by atoms with Gasteiger partial charge in [-0.1, -0.05) is 48.5 Å². The molecular weight excluding hydrogens is 258 g/mol. The van der Waals surface area contributed by atoms with E-state index in [2.05, 4.69) is 5.32 Å². The number of hydrogen-bond donors (Lipinski definition) is 2. The molecular formula is C16H14ClNO. The van der Waals surface area contributed by atoms with Crippen molar-refractivity contribution in [2.24, 2.45) is 0 Å². The van der Waals surface area contributed by atoms with Gasteiger partial charge in [0.05, 0.1) is 5.69 Å². The van der Waals surface area contributed by atoms with E-state index in [4.69, 9.17) is 0 Å². The van der Waals surface area contributed by atoms with Crippen molar-refractivity contribution >= 4 is 34.6 Å². The minimum Gasteiger partial charge on any atom is -0.505 e. The molecule has 0 atom stereocenters. The third kappa shape index (κ3) is 2.64. The smallest absolute Gasteiger partial charge is 0.146 e. The molecule has 0 heterocycles. The van der Waals surface area contributed by atoms with Crippen LogP contribution in [0.15, 0.2) is 66.7 Å². The number of para-hydroxylation sites is 1. The Morgan fingerprint density at radius 1 is 0.737 bits per heavy atom. The van der Waals surface area contributed by atoms with Crippen LogP contribution in [-0.2, 0) is 0 Å². The summed E-state index contributed by atoms with van der Waals surface area (Å²) in [6.07, 6.45) is 0. The van der Waals surface area contributed by atoms with Gasteiger partial charge in [0, 0.05) is 11.1 Å². The molecule has 0 aliphatic rings. The lowest BCUT2D eigenvalue weighted by Gasteiger charge is -2.10. The van der Waals surface area contributed by atoms with Gasteiger partial charge in [-0.25, -0.2) is 0 Å². The fraction of sp³-hybridized carbons (Fsp3) is 0. The molecule has 3 aromatic carbocycles. The summed E-state index contributed by atoms with van der Waals surface area (Å²) in [6, 6.07) is 21.5. The van der Waals surface area contributed by atoms with Crippen molar-refractivity contribution < 1.29 is 5.11 Å². The highest BCUT2D eigenvalue weighted by molar-refractivity contribution is 5.93. The second kappa shape index (κ2) is 5.63. The van der Waals surface area contributed by atoms with Crippen molar-refractivity contribution in [2.75, 3.05) is 5.32 Å². The minimum absolute atomic E-state index is 0. The summed E-state index contributed by atoms with van der Waals surface area (Å²) >= 11 is 0. The molecule has 0 amide bonds. The van der Waals surface area contributed by atoms with Crippen LogP contribution in [0.1, 0.15) is 0 Å². The molecule has 0 aliphatic carbocycles. The summed E-state index contributed by atoms with van der Waals surface area (Å²) in [5, 5.41) is 15.4. The van der Waals surface area contributed by atoms with Gasteiger partial charge in [-0.15, -0.1) is 12.4 Å². The van der Waals surface area contributed by atoms with Gasteiger partial charge < -0.3 is 10.4 Å². The maximum Gasteiger partial charge on any atom is 0.146 e. The van der Waals surface area contributed by atoms with Gasteiger partial charge in [-0.05, 0) is 23.6 Å². The molecule has 96 valence electrons. The molecule has 19 heavy (non-hydrogen) atoms. The minimum atomic E-state index is 0. The van der Waals surface area contributed by atoms with Crippen LogP contribution in [-0.4, -0.2) is 5.11 Å². The van der Waals surface area contributed by atoms with E-state index in [1.807, 2.05) is 66.7 Å². The molecule has 0 fully saturated rings. The monoisotopic (exact) mass is 271 g/mol. The summed E-state index contributed by atoms with van der Waals surface area (Å²) in [5.74, 6) is 0.289. The van der Waals surface area contributed by atoms with Crippen LogP contribution in [0.2, 0.25) is 0 Å². The average molecular weight is 272 g/mol. The number of anilines is 2. The molecule has 0 saturated carbocycles. The Hall–Kier alpha value is -2.19. The van der Waals surface area contributed by atoms with Gasteiger partial charge in [0.1, 0.15) is 5.75 Å². The van der Waals surface area contributed by atoms with Crippen LogP contribution < -0.4 is 5.32 Å². The summed E-state index contributed by atoms with van der Waals surface area (Å²) in [7, 11) is 0. The lowest BCUT2D eigenvalue weighted by Crippen LogP contribution is -1.90. The number of nitrogens with one attached hydrogen (secondary N) is 1. The summed E-state index contributed by atoms with van der Waals surface area (Å²) in [5.41, 5.74) is 1.68. The Bertz CT molecular complexity index is 683. The Balaban J connectivity index is 0.00000133. The van der Waals surface area contributed by atoms with Crippen LogP contribution in [0.4, 0.5) is 11.4 Å². The highest BCUT2D eigenvalue weighted by Gasteiger charge is 2.05. The van der Waals surface area contributed by atoms with E-state index < -0.39 is 0 Å². The fourth-order valence-corrected chi connectivity index (χ4v) is 2.03. The third-order valence-corrected chi connectivity index (χ3v) is 2.95. The van der Waals surface area contributed by atoms with E-state index in [-0.39, 0.29) is 18.2 Å². The molecule has 0 spiro atoms. The molecule has 3 aromatic rings. The maximum atomic E-state index is 10.2. The number of benzene rings is 3. The van der Waals surface area contributed by atoms with E-state index in [0.717, 1.165) is 22.1 Å². The zero-order valence-corrected chi connectivity index (χ0v) is 11.0. The van der Waals surface area contributed by atoms with Crippen LogP contribution in [0.25, 0.3) is 10.8 Å². The zero-order valence-electron chi connectivity index (χ0n) is 10.2. The summed E-state index contributed by atoms with van der Waals surface area (Å²) in [6.45, 7) is 0. The normalized spacial score (nSPS) is 9.89. The number of aromatic hydroxyl groups is 1. The van der Waals surface area contributed by atoms with Crippen molar-refractivity contribution in [3.05, 3.63) is 66.7 Å². The largest absolute Gasteiger partial charge is 0.505 e. The first-order valence-corrected chi connectivity index (χ1v) is 5.87. The van der Waals surface area contributed by atoms with E-state index in [9.17, 15) is 5.11 Å². The molecule has 0 aromatic heterocycles. The van der Waals surface area contributed by atoms with E-state index >= 15 is 0 Å². The molecule has 0 saturated heterocycles. The van der Waals surface area contributed by atoms with Gasteiger partial charge in [0.2, 0.25) is 0 Å². The van der Waals surface area contributed by atoms with Crippen molar-refractivity contribution in [1.82, 2.24) is 0 Å². The molecule has 0 radical (unpaired) electrons. The standard InChI is InChI=1S/C16H13NO.ClH/c18-16-14-9-5-4-6-12(14)10-11-15(16)17-13-7-2-1-3-8-13;/h1-11,17-18H;1H. The zero-order chi connectivity index (χ0) is 12.4. The number of halogens is 1. The molecule has 3 heteroatoms. The van der Waals surface area contributed by atoms with Crippen LogP contribution >= 0.6 is 12.4 Å². The third-order valence-electron chi connectivity index (χ3n) is 2.95. The van der Waals surface area contributed by atoms with E-state index in [1.165, 1.54) is 0 Å². The van der Waals surface area contributed by atoms with E-state index in [1.54, 1.807) is 0 Å². The number of phenols is 1. The number of rotatable bonds is 2. The summed E-state index contributed by atoms with van der Waals surface area (Å²) < 4.78 is 0. The van der Waals surface area contributed by atoms with Crippen molar-refractivity contribution in [2.45, 2.75) is 0 Å². The molecule has 2 nitrogen and oxygen atoms in total. The van der Waals surface area contributed by atoms with Crippen molar-refractivity contribution in [3.8, 4) is 5.75 Å².